The van der Waals surface area contributed by atoms with E-state index in [4.69, 9.17) is 0 Å². The van der Waals surface area contributed by atoms with Crippen LogP contribution in [0.5, 0.6) is 0 Å². The number of nitro groups is 2. The molecule has 0 saturated heterocycles. The highest BCUT2D eigenvalue weighted by Gasteiger charge is 2.11. The normalized spacial score (nSPS) is 10.4. The molecule has 0 amide bonds. The molecule has 7 nitrogen and oxygen atoms in total. The Morgan fingerprint density at radius 2 is 1.04 bits per heavy atom. The first-order valence-electron chi connectivity index (χ1n) is 8.29. The van der Waals surface area contributed by atoms with Crippen LogP contribution in [-0.4, -0.2) is 9.85 Å². The number of hydrogen-bond acceptors (Lipinski definition) is 5. The molecule has 7 heteroatoms. The summed E-state index contributed by atoms with van der Waals surface area (Å²) in [6.45, 7) is 1.11. The molecule has 0 aliphatic heterocycles. The zero-order valence-electron chi connectivity index (χ0n) is 14.4. The molecule has 3 rings (SSSR count). The SMILES string of the molecule is O=[N+]([O-])c1ccc(CN(Cc2ccc([N+](=O)[O-])cc2)c2ccccc2)cc1. The van der Waals surface area contributed by atoms with Crippen molar-refractivity contribution in [1.82, 2.24) is 0 Å². The van der Waals surface area contributed by atoms with Gasteiger partial charge in [-0.05, 0) is 23.3 Å². The van der Waals surface area contributed by atoms with Crippen molar-refractivity contribution >= 4 is 17.1 Å². The van der Waals surface area contributed by atoms with Crippen molar-refractivity contribution in [3.8, 4) is 0 Å². The van der Waals surface area contributed by atoms with Crippen LogP contribution in [0.3, 0.4) is 0 Å². The third-order valence-corrected chi connectivity index (χ3v) is 4.16. The van der Waals surface area contributed by atoms with Crippen LogP contribution >= 0.6 is 0 Å². The number of anilines is 1. The molecule has 0 bridgehead atoms. The first kappa shape index (κ1) is 18.1. The first-order chi connectivity index (χ1) is 13.0. The number of benzene rings is 3. The molecule has 3 aromatic carbocycles. The van der Waals surface area contributed by atoms with Crippen molar-refractivity contribution in [2.24, 2.45) is 0 Å². The zero-order valence-corrected chi connectivity index (χ0v) is 14.4. The lowest BCUT2D eigenvalue weighted by Gasteiger charge is -2.25. The highest BCUT2D eigenvalue weighted by atomic mass is 16.6. The molecule has 0 aliphatic carbocycles. The van der Waals surface area contributed by atoms with Crippen molar-refractivity contribution in [2.45, 2.75) is 13.1 Å². The van der Waals surface area contributed by atoms with Gasteiger partial charge in [0.05, 0.1) is 9.85 Å². The van der Waals surface area contributed by atoms with E-state index in [1.807, 2.05) is 30.3 Å². The highest BCUT2D eigenvalue weighted by molar-refractivity contribution is 5.48. The van der Waals surface area contributed by atoms with Crippen LogP contribution in [0.2, 0.25) is 0 Å². The third-order valence-electron chi connectivity index (χ3n) is 4.16. The van der Waals surface area contributed by atoms with Crippen molar-refractivity contribution in [3.63, 3.8) is 0 Å². The lowest BCUT2D eigenvalue weighted by Crippen LogP contribution is -2.22. The fourth-order valence-corrected chi connectivity index (χ4v) is 2.76. The molecule has 0 N–H and O–H groups in total. The molecule has 0 radical (unpaired) electrons. The fraction of sp³-hybridized carbons (Fsp3) is 0.100. The Bertz CT molecular complexity index is 866. The van der Waals surface area contributed by atoms with E-state index >= 15 is 0 Å². The van der Waals surface area contributed by atoms with Gasteiger partial charge in [0.1, 0.15) is 0 Å². The molecular weight excluding hydrogens is 346 g/mol. The minimum Gasteiger partial charge on any atom is -0.363 e. The van der Waals surface area contributed by atoms with Crippen molar-refractivity contribution in [3.05, 3.63) is 110 Å². The molecule has 136 valence electrons. The molecule has 0 spiro atoms. The van der Waals surface area contributed by atoms with E-state index in [0.29, 0.717) is 13.1 Å². The monoisotopic (exact) mass is 363 g/mol. The van der Waals surface area contributed by atoms with Crippen molar-refractivity contribution < 1.29 is 9.85 Å². The average molecular weight is 363 g/mol. The maximum Gasteiger partial charge on any atom is 0.269 e. The van der Waals surface area contributed by atoms with Gasteiger partial charge in [0, 0.05) is 43.0 Å². The Hall–Kier alpha value is -3.74. The van der Waals surface area contributed by atoms with Crippen LogP contribution in [0.15, 0.2) is 78.9 Å². The Kier molecular flexibility index (Phi) is 5.41. The van der Waals surface area contributed by atoms with Crippen LogP contribution in [0.4, 0.5) is 17.1 Å². The predicted octanol–water partition coefficient (Wildman–Crippen LogP) is 4.71. The van der Waals surface area contributed by atoms with E-state index in [1.54, 1.807) is 24.3 Å². The third kappa shape index (κ3) is 4.66. The van der Waals surface area contributed by atoms with Crippen LogP contribution in [0, 0.1) is 20.2 Å². The number of nitro benzene ring substituents is 2. The van der Waals surface area contributed by atoms with Gasteiger partial charge in [0.15, 0.2) is 0 Å². The Labute approximate surface area is 155 Å². The maximum absolute atomic E-state index is 10.8. The summed E-state index contributed by atoms with van der Waals surface area (Å²) in [6.07, 6.45) is 0. The van der Waals surface area contributed by atoms with E-state index in [2.05, 4.69) is 4.90 Å². The first-order valence-corrected chi connectivity index (χ1v) is 8.29. The second-order valence-electron chi connectivity index (χ2n) is 6.04. The van der Waals surface area contributed by atoms with Crippen LogP contribution in [-0.2, 0) is 13.1 Å². The minimum absolute atomic E-state index is 0.0559. The number of nitrogens with zero attached hydrogens (tertiary/aromatic N) is 3. The Balaban J connectivity index is 1.83. The lowest BCUT2D eigenvalue weighted by molar-refractivity contribution is -0.385. The summed E-state index contributed by atoms with van der Waals surface area (Å²) in [6, 6.07) is 22.7. The number of non-ortho nitro benzene ring substituents is 2. The summed E-state index contributed by atoms with van der Waals surface area (Å²) in [5, 5.41) is 21.6. The van der Waals surface area contributed by atoms with E-state index in [0.717, 1.165) is 16.8 Å². The van der Waals surface area contributed by atoms with Gasteiger partial charge in [-0.1, -0.05) is 42.5 Å². The molecule has 3 aromatic rings. The molecule has 27 heavy (non-hydrogen) atoms. The predicted molar refractivity (Wildman–Crippen MR) is 103 cm³/mol. The van der Waals surface area contributed by atoms with Crippen LogP contribution < -0.4 is 4.90 Å². The summed E-state index contributed by atoms with van der Waals surface area (Å²) in [5.41, 5.74) is 2.98. The second-order valence-corrected chi connectivity index (χ2v) is 6.04. The highest BCUT2D eigenvalue weighted by Crippen LogP contribution is 2.22. The number of hydrogen-bond donors (Lipinski definition) is 0. The zero-order chi connectivity index (χ0) is 19.2. The van der Waals surface area contributed by atoms with Crippen molar-refractivity contribution in [2.75, 3.05) is 4.90 Å². The Morgan fingerprint density at radius 1 is 0.630 bits per heavy atom. The number of para-hydroxylation sites is 1. The molecule has 0 atom stereocenters. The van der Waals surface area contributed by atoms with Gasteiger partial charge in [-0.3, -0.25) is 20.2 Å². The molecule has 0 unspecified atom stereocenters. The molecular formula is C20H17N3O4. The van der Waals surface area contributed by atoms with E-state index < -0.39 is 9.85 Å². The molecule has 0 aromatic heterocycles. The van der Waals surface area contributed by atoms with Crippen LogP contribution in [0.1, 0.15) is 11.1 Å². The van der Waals surface area contributed by atoms with Crippen LogP contribution in [0.25, 0.3) is 0 Å². The summed E-state index contributed by atoms with van der Waals surface area (Å²) >= 11 is 0. The average Bonchev–Trinajstić information content (AvgIpc) is 2.69. The van der Waals surface area contributed by atoms with Gasteiger partial charge in [-0.2, -0.15) is 0 Å². The maximum atomic E-state index is 10.8. The fourth-order valence-electron chi connectivity index (χ4n) is 2.76. The summed E-state index contributed by atoms with van der Waals surface area (Å²) in [4.78, 5) is 22.9. The lowest BCUT2D eigenvalue weighted by atomic mass is 10.1. The smallest absolute Gasteiger partial charge is 0.269 e. The quantitative estimate of drug-likeness (QED) is 0.448. The van der Waals surface area contributed by atoms with Gasteiger partial charge >= 0.3 is 0 Å². The molecule has 0 heterocycles. The van der Waals surface area contributed by atoms with Gasteiger partial charge in [0.25, 0.3) is 11.4 Å². The molecule has 0 aliphatic rings. The van der Waals surface area contributed by atoms with E-state index in [9.17, 15) is 20.2 Å². The minimum atomic E-state index is -0.421. The second kappa shape index (κ2) is 8.09. The summed E-state index contributed by atoms with van der Waals surface area (Å²) < 4.78 is 0. The molecule has 0 saturated carbocycles. The standard InChI is InChI=1S/C20H17N3O4/c24-22(25)19-10-6-16(7-11-19)14-21(18-4-2-1-3-5-18)15-17-8-12-20(13-9-17)23(26)27/h1-13H,14-15H2. The summed E-state index contributed by atoms with van der Waals surface area (Å²) in [7, 11) is 0. The topological polar surface area (TPSA) is 89.5 Å². The Morgan fingerprint density at radius 3 is 1.41 bits per heavy atom. The molecule has 0 fully saturated rings. The largest absolute Gasteiger partial charge is 0.363 e. The van der Waals surface area contributed by atoms with Crippen molar-refractivity contribution in [1.29, 1.82) is 0 Å². The summed E-state index contributed by atoms with van der Waals surface area (Å²) in [5.74, 6) is 0. The number of rotatable bonds is 7. The van der Waals surface area contributed by atoms with E-state index in [1.165, 1.54) is 24.3 Å². The van der Waals surface area contributed by atoms with Gasteiger partial charge in [-0.15, -0.1) is 0 Å². The van der Waals surface area contributed by atoms with E-state index in [-0.39, 0.29) is 11.4 Å². The van der Waals surface area contributed by atoms with Gasteiger partial charge in [0.2, 0.25) is 0 Å². The van der Waals surface area contributed by atoms with Gasteiger partial charge < -0.3 is 4.90 Å². The van der Waals surface area contributed by atoms with Gasteiger partial charge in [-0.25, -0.2) is 0 Å².